The molecule has 0 saturated carbocycles. The lowest BCUT2D eigenvalue weighted by Gasteiger charge is -2.14. The van der Waals surface area contributed by atoms with Crippen LogP contribution in [0.1, 0.15) is 23.0 Å². The van der Waals surface area contributed by atoms with Crippen LogP contribution in [0.3, 0.4) is 0 Å². The van der Waals surface area contributed by atoms with E-state index in [9.17, 15) is 4.79 Å². The molecule has 1 heterocycles. The van der Waals surface area contributed by atoms with E-state index >= 15 is 0 Å². The smallest absolute Gasteiger partial charge is 0.270 e. The van der Waals surface area contributed by atoms with Gasteiger partial charge in [0, 0.05) is 44.0 Å². The number of nitrogens with one attached hydrogen (secondary N) is 1. The summed E-state index contributed by atoms with van der Waals surface area (Å²) in [6.07, 6.45) is 0. The lowest BCUT2D eigenvalue weighted by Crippen LogP contribution is -2.26. The van der Waals surface area contributed by atoms with Crippen LogP contribution >= 0.6 is 0 Å². The van der Waals surface area contributed by atoms with Crippen LogP contribution in [-0.2, 0) is 13.1 Å². The number of nitrogens with zero attached hydrogens (tertiary/aromatic N) is 3. The molecule has 5 heteroatoms. The molecule has 162 valence electrons. The van der Waals surface area contributed by atoms with Gasteiger partial charge in [0.1, 0.15) is 17.2 Å². The van der Waals surface area contributed by atoms with E-state index in [1.54, 1.807) is 0 Å². The predicted molar refractivity (Wildman–Crippen MR) is 131 cm³/mol. The summed E-state index contributed by atoms with van der Waals surface area (Å²) in [6.45, 7) is 3.15. The summed E-state index contributed by atoms with van der Waals surface area (Å²) in [6, 6.07) is 28.1. The number of hydrogen-bond acceptors (Lipinski definition) is 3. The van der Waals surface area contributed by atoms with Gasteiger partial charge < -0.3 is 14.8 Å². The lowest BCUT2D eigenvalue weighted by molar-refractivity contribution is 0.0942. The first-order valence-corrected chi connectivity index (χ1v) is 10.8. The minimum atomic E-state index is -0.129. The topological polar surface area (TPSA) is 50.2 Å². The predicted octanol–water partition coefficient (Wildman–Crippen LogP) is 5.23. The molecule has 0 fully saturated rings. The van der Waals surface area contributed by atoms with E-state index < -0.39 is 0 Å². The number of imidazole rings is 1. The van der Waals surface area contributed by atoms with E-state index in [1.165, 1.54) is 0 Å². The van der Waals surface area contributed by atoms with E-state index in [-0.39, 0.29) is 5.91 Å². The zero-order valence-electron chi connectivity index (χ0n) is 18.7. The van der Waals surface area contributed by atoms with Crippen molar-refractivity contribution < 1.29 is 4.79 Å². The van der Waals surface area contributed by atoms with Crippen molar-refractivity contribution in [3.63, 3.8) is 0 Å². The first-order chi connectivity index (χ1) is 15.6. The largest absolute Gasteiger partial charge is 0.378 e. The Hall–Kier alpha value is -3.86. The molecule has 5 nitrogen and oxygen atoms in total. The van der Waals surface area contributed by atoms with E-state index in [4.69, 9.17) is 4.98 Å². The van der Waals surface area contributed by atoms with Crippen molar-refractivity contribution in [2.75, 3.05) is 19.0 Å². The van der Waals surface area contributed by atoms with Crippen molar-refractivity contribution >= 4 is 11.6 Å². The highest BCUT2D eigenvalue weighted by atomic mass is 16.2. The quantitative estimate of drug-likeness (QED) is 0.442. The summed E-state index contributed by atoms with van der Waals surface area (Å²) < 4.78 is 2.01. The fourth-order valence-electron chi connectivity index (χ4n) is 3.79. The third-order valence-corrected chi connectivity index (χ3v) is 5.46. The van der Waals surface area contributed by atoms with Crippen LogP contribution in [0.15, 0.2) is 84.9 Å². The van der Waals surface area contributed by atoms with Gasteiger partial charge in [0.15, 0.2) is 0 Å². The molecule has 1 N–H and O–H groups in total. The minimum absolute atomic E-state index is 0.129. The normalized spacial score (nSPS) is 10.7. The average molecular weight is 425 g/mol. The first kappa shape index (κ1) is 21.4. The Morgan fingerprint density at radius 3 is 2.22 bits per heavy atom. The molecular formula is C27H28N4O. The van der Waals surface area contributed by atoms with Gasteiger partial charge >= 0.3 is 0 Å². The van der Waals surface area contributed by atoms with Gasteiger partial charge in [-0.15, -0.1) is 0 Å². The number of rotatable bonds is 7. The average Bonchev–Trinajstić information content (AvgIpc) is 3.23. The molecule has 0 unspecified atom stereocenters. The van der Waals surface area contributed by atoms with Crippen molar-refractivity contribution in [3.8, 4) is 22.6 Å². The van der Waals surface area contributed by atoms with Gasteiger partial charge in [0.2, 0.25) is 0 Å². The van der Waals surface area contributed by atoms with Gasteiger partial charge in [-0.3, -0.25) is 4.79 Å². The number of benzene rings is 3. The molecule has 0 spiro atoms. The second-order valence-electron chi connectivity index (χ2n) is 7.86. The van der Waals surface area contributed by atoms with Crippen molar-refractivity contribution in [2.45, 2.75) is 20.0 Å². The Kier molecular flexibility index (Phi) is 6.36. The van der Waals surface area contributed by atoms with Crippen molar-refractivity contribution in [1.29, 1.82) is 0 Å². The zero-order valence-corrected chi connectivity index (χ0v) is 18.7. The van der Waals surface area contributed by atoms with Gasteiger partial charge in [0.25, 0.3) is 5.91 Å². The van der Waals surface area contributed by atoms with Gasteiger partial charge in [-0.1, -0.05) is 72.8 Å². The Morgan fingerprint density at radius 2 is 1.56 bits per heavy atom. The highest BCUT2D eigenvalue weighted by Crippen LogP contribution is 2.31. The fourth-order valence-corrected chi connectivity index (χ4v) is 3.79. The number of amides is 1. The Labute approximate surface area is 189 Å². The molecule has 1 amide bonds. The second kappa shape index (κ2) is 9.52. The van der Waals surface area contributed by atoms with Gasteiger partial charge in [-0.05, 0) is 24.6 Å². The third-order valence-electron chi connectivity index (χ3n) is 5.46. The highest BCUT2D eigenvalue weighted by molar-refractivity contribution is 5.99. The van der Waals surface area contributed by atoms with E-state index in [0.717, 1.165) is 28.2 Å². The molecule has 0 aliphatic rings. The number of anilines is 1. The van der Waals surface area contributed by atoms with E-state index in [2.05, 4.69) is 11.4 Å². The number of aromatic nitrogens is 2. The third kappa shape index (κ3) is 4.42. The van der Waals surface area contributed by atoms with Crippen LogP contribution in [0.25, 0.3) is 22.6 Å². The van der Waals surface area contributed by atoms with Crippen molar-refractivity contribution in [1.82, 2.24) is 14.9 Å². The molecule has 0 aliphatic carbocycles. The maximum atomic E-state index is 13.5. The molecule has 4 rings (SSSR count). The van der Waals surface area contributed by atoms with Crippen LogP contribution in [0.2, 0.25) is 0 Å². The highest BCUT2D eigenvalue weighted by Gasteiger charge is 2.24. The van der Waals surface area contributed by atoms with Gasteiger partial charge in [0.05, 0.1) is 0 Å². The fraction of sp³-hybridized carbons (Fsp3) is 0.185. The Bertz CT molecular complexity index is 1200. The SMILES string of the molecule is CCn1c(-c2ccccc2)nc(-c2cccc(N(C)C)c2)c1C(=O)NCc1ccccc1. The van der Waals surface area contributed by atoms with E-state index in [1.807, 2.05) is 109 Å². The van der Waals surface area contributed by atoms with Crippen molar-refractivity contribution in [3.05, 3.63) is 96.2 Å². The monoisotopic (exact) mass is 424 g/mol. The molecule has 32 heavy (non-hydrogen) atoms. The molecule has 0 radical (unpaired) electrons. The van der Waals surface area contributed by atoms with Crippen LogP contribution in [0.5, 0.6) is 0 Å². The summed E-state index contributed by atoms with van der Waals surface area (Å²) >= 11 is 0. The van der Waals surface area contributed by atoms with Gasteiger partial charge in [-0.2, -0.15) is 0 Å². The maximum absolute atomic E-state index is 13.5. The molecule has 1 aromatic heterocycles. The Balaban J connectivity index is 1.81. The van der Waals surface area contributed by atoms with Crippen LogP contribution in [0.4, 0.5) is 5.69 Å². The standard InChI is InChI=1S/C27H28N4O/c1-4-31-25(27(32)28-19-20-12-7-5-8-13-20)24(22-16-11-17-23(18-22)30(2)3)29-26(31)21-14-9-6-10-15-21/h5-18H,4,19H2,1-3H3,(H,28,32). The molecule has 0 saturated heterocycles. The van der Waals surface area contributed by atoms with Crippen LogP contribution < -0.4 is 10.2 Å². The molecule has 0 aliphatic heterocycles. The van der Waals surface area contributed by atoms with Crippen LogP contribution in [0, 0.1) is 0 Å². The second-order valence-corrected chi connectivity index (χ2v) is 7.86. The molecule has 4 aromatic rings. The van der Waals surface area contributed by atoms with E-state index in [0.29, 0.717) is 24.5 Å². The lowest BCUT2D eigenvalue weighted by atomic mass is 10.1. The summed E-state index contributed by atoms with van der Waals surface area (Å²) in [4.78, 5) is 20.5. The molecule has 3 aromatic carbocycles. The minimum Gasteiger partial charge on any atom is -0.378 e. The molecule has 0 bridgehead atoms. The summed E-state index contributed by atoms with van der Waals surface area (Å²) in [7, 11) is 4.01. The molecular weight excluding hydrogens is 396 g/mol. The number of carbonyl (C=O) groups is 1. The maximum Gasteiger partial charge on any atom is 0.270 e. The number of carbonyl (C=O) groups excluding carboxylic acids is 1. The van der Waals surface area contributed by atoms with Crippen LogP contribution in [-0.4, -0.2) is 29.6 Å². The zero-order chi connectivity index (χ0) is 22.5. The van der Waals surface area contributed by atoms with Crippen molar-refractivity contribution in [2.24, 2.45) is 0 Å². The van der Waals surface area contributed by atoms with Gasteiger partial charge in [-0.25, -0.2) is 4.98 Å². The Morgan fingerprint density at radius 1 is 0.906 bits per heavy atom. The molecule has 0 atom stereocenters. The summed E-state index contributed by atoms with van der Waals surface area (Å²) in [5.41, 5.74) is 5.30. The summed E-state index contributed by atoms with van der Waals surface area (Å²) in [5, 5.41) is 3.09. The first-order valence-electron chi connectivity index (χ1n) is 10.8. The number of hydrogen-bond donors (Lipinski definition) is 1. The summed E-state index contributed by atoms with van der Waals surface area (Å²) in [5.74, 6) is 0.666.